The first kappa shape index (κ1) is 16.3. The summed E-state index contributed by atoms with van der Waals surface area (Å²) in [5.41, 5.74) is 1.54. The van der Waals surface area contributed by atoms with Crippen LogP contribution in [-0.2, 0) is 6.54 Å². The molecule has 0 unspecified atom stereocenters. The number of amides is 1. The van der Waals surface area contributed by atoms with E-state index in [-0.39, 0.29) is 12.7 Å². The Labute approximate surface area is 161 Å². The normalized spacial score (nSPS) is 13.4. The van der Waals surface area contributed by atoms with E-state index in [0.29, 0.717) is 22.7 Å². The van der Waals surface area contributed by atoms with E-state index < -0.39 is 0 Å². The number of hydrogen-bond acceptors (Lipinski definition) is 4. The summed E-state index contributed by atoms with van der Waals surface area (Å²) in [6.45, 7) is 4.59. The van der Waals surface area contributed by atoms with Gasteiger partial charge in [0.05, 0.1) is 15.8 Å². The lowest BCUT2D eigenvalue weighted by molar-refractivity contribution is 0.0997. The Morgan fingerprint density at radius 2 is 2.08 bits per heavy atom. The lowest BCUT2D eigenvalue weighted by atomic mass is 10.2. The van der Waals surface area contributed by atoms with E-state index in [2.05, 4.69) is 34.2 Å². The van der Waals surface area contributed by atoms with E-state index in [1.165, 1.54) is 11.3 Å². The number of rotatable bonds is 3. The van der Waals surface area contributed by atoms with Crippen LogP contribution in [0.4, 0.5) is 0 Å². The summed E-state index contributed by atoms with van der Waals surface area (Å²) in [4.78, 5) is 17.6. The number of thiazole rings is 1. The third kappa shape index (κ3) is 2.98. The van der Waals surface area contributed by atoms with Gasteiger partial charge >= 0.3 is 0 Å². The first-order valence-electron chi connectivity index (χ1n) is 7.55. The summed E-state index contributed by atoms with van der Waals surface area (Å²) < 4.78 is 14.7. The number of allylic oxidation sites excluding steroid dienone is 1. The molecule has 0 radical (unpaired) electrons. The van der Waals surface area contributed by atoms with Crippen LogP contribution >= 0.6 is 33.9 Å². The number of hydrogen-bond donors (Lipinski definition) is 0. The van der Waals surface area contributed by atoms with Gasteiger partial charge in [-0.05, 0) is 34.7 Å². The third-order valence-electron chi connectivity index (χ3n) is 3.79. The van der Waals surface area contributed by atoms with Crippen molar-refractivity contribution in [3.05, 3.63) is 63.0 Å². The minimum absolute atomic E-state index is 0.232. The van der Waals surface area contributed by atoms with Gasteiger partial charge in [-0.1, -0.05) is 29.5 Å². The fourth-order valence-electron chi connectivity index (χ4n) is 2.63. The monoisotopic (exact) mass is 464 g/mol. The summed E-state index contributed by atoms with van der Waals surface area (Å²) >= 11 is 3.59. The molecule has 1 amide bonds. The van der Waals surface area contributed by atoms with Gasteiger partial charge in [-0.25, -0.2) is 0 Å². The maximum atomic E-state index is 12.6. The zero-order valence-corrected chi connectivity index (χ0v) is 16.0. The Morgan fingerprint density at radius 1 is 1.32 bits per heavy atom. The van der Waals surface area contributed by atoms with E-state index in [9.17, 15) is 4.79 Å². The maximum Gasteiger partial charge on any atom is 0.280 e. The third-order valence-corrected chi connectivity index (χ3v) is 5.77. The van der Waals surface area contributed by atoms with Crippen LogP contribution in [0.2, 0.25) is 0 Å². The van der Waals surface area contributed by atoms with E-state index in [1.807, 2.05) is 34.9 Å². The molecule has 1 aliphatic rings. The molecule has 1 aliphatic heterocycles. The van der Waals surface area contributed by atoms with E-state index in [4.69, 9.17) is 9.47 Å². The molecular weight excluding hydrogens is 451 g/mol. The molecule has 0 N–H and O–H groups in total. The Morgan fingerprint density at radius 3 is 2.84 bits per heavy atom. The standard InChI is InChI=1S/C18H13IN2O3S/c1-2-7-21-13-8-14-15(24-10-23-14)9-16(13)25-18(21)20-17(22)11-5-3-4-6-12(11)19/h2-6,8-9H,1,7,10H2. The second kappa shape index (κ2) is 6.64. The predicted molar refractivity (Wildman–Crippen MR) is 105 cm³/mol. The lowest BCUT2D eigenvalue weighted by Gasteiger charge is -2.02. The maximum absolute atomic E-state index is 12.6. The van der Waals surface area contributed by atoms with Gasteiger partial charge in [0.25, 0.3) is 5.91 Å². The van der Waals surface area contributed by atoms with Crippen LogP contribution in [0.25, 0.3) is 10.2 Å². The predicted octanol–water partition coefficient (Wildman–Crippen LogP) is 3.96. The van der Waals surface area contributed by atoms with Crippen LogP contribution in [0, 0.1) is 3.57 Å². The van der Waals surface area contributed by atoms with Gasteiger partial charge < -0.3 is 14.0 Å². The molecule has 7 heteroatoms. The SMILES string of the molecule is C=CCn1c(=NC(=O)c2ccccc2I)sc2cc3c(cc21)OCO3. The van der Waals surface area contributed by atoms with Gasteiger partial charge in [0.15, 0.2) is 16.3 Å². The van der Waals surface area contributed by atoms with Crippen LogP contribution in [0.15, 0.2) is 54.0 Å². The fourth-order valence-corrected chi connectivity index (χ4v) is 4.30. The largest absolute Gasteiger partial charge is 0.454 e. The zero-order valence-electron chi connectivity index (χ0n) is 13.1. The molecule has 0 saturated carbocycles. The van der Waals surface area contributed by atoms with Crippen molar-refractivity contribution in [1.29, 1.82) is 0 Å². The molecule has 2 aromatic carbocycles. The first-order chi connectivity index (χ1) is 12.2. The van der Waals surface area contributed by atoms with Crippen LogP contribution < -0.4 is 14.3 Å². The number of nitrogens with zero attached hydrogens (tertiary/aromatic N) is 2. The highest BCUT2D eigenvalue weighted by molar-refractivity contribution is 14.1. The van der Waals surface area contributed by atoms with Gasteiger partial charge in [0, 0.05) is 22.2 Å². The van der Waals surface area contributed by atoms with Crippen molar-refractivity contribution < 1.29 is 14.3 Å². The van der Waals surface area contributed by atoms with Crippen LogP contribution in [-0.4, -0.2) is 17.3 Å². The van der Waals surface area contributed by atoms with E-state index in [1.54, 1.807) is 12.1 Å². The fraction of sp³-hybridized carbons (Fsp3) is 0.111. The van der Waals surface area contributed by atoms with Crippen molar-refractivity contribution in [3.8, 4) is 11.5 Å². The quantitative estimate of drug-likeness (QED) is 0.436. The highest BCUT2D eigenvalue weighted by atomic mass is 127. The van der Waals surface area contributed by atoms with Gasteiger partial charge in [0.2, 0.25) is 6.79 Å². The number of aromatic nitrogens is 1. The molecule has 0 spiro atoms. The van der Waals surface area contributed by atoms with Crippen molar-refractivity contribution in [1.82, 2.24) is 4.57 Å². The Kier molecular flexibility index (Phi) is 4.34. The summed E-state index contributed by atoms with van der Waals surface area (Å²) in [6.07, 6.45) is 1.78. The van der Waals surface area contributed by atoms with Crippen molar-refractivity contribution in [2.75, 3.05) is 6.79 Å². The molecule has 3 aromatic rings. The minimum Gasteiger partial charge on any atom is -0.454 e. The summed E-state index contributed by atoms with van der Waals surface area (Å²) in [7, 11) is 0. The second-order valence-electron chi connectivity index (χ2n) is 5.35. The topological polar surface area (TPSA) is 52.8 Å². The molecule has 25 heavy (non-hydrogen) atoms. The number of halogens is 1. The van der Waals surface area contributed by atoms with Crippen molar-refractivity contribution in [3.63, 3.8) is 0 Å². The van der Waals surface area contributed by atoms with Crippen LogP contribution in [0.1, 0.15) is 10.4 Å². The number of benzene rings is 2. The smallest absolute Gasteiger partial charge is 0.280 e. The molecular formula is C18H13IN2O3S. The molecule has 0 aliphatic carbocycles. The van der Waals surface area contributed by atoms with Crippen molar-refractivity contribution >= 4 is 50.1 Å². The average molecular weight is 464 g/mol. The molecule has 0 atom stereocenters. The Hall–Kier alpha value is -2.13. The van der Waals surface area contributed by atoms with Gasteiger partial charge in [-0.2, -0.15) is 4.99 Å². The van der Waals surface area contributed by atoms with Gasteiger partial charge in [-0.3, -0.25) is 4.79 Å². The van der Waals surface area contributed by atoms with Crippen molar-refractivity contribution in [2.24, 2.45) is 4.99 Å². The zero-order chi connectivity index (χ0) is 17.4. The minimum atomic E-state index is -0.255. The summed E-state index contributed by atoms with van der Waals surface area (Å²) in [5.74, 6) is 1.17. The van der Waals surface area contributed by atoms with E-state index >= 15 is 0 Å². The molecule has 4 rings (SSSR count). The van der Waals surface area contributed by atoms with E-state index in [0.717, 1.165) is 19.5 Å². The second-order valence-corrected chi connectivity index (χ2v) is 7.53. The van der Waals surface area contributed by atoms with Gasteiger partial charge in [0.1, 0.15) is 0 Å². The summed E-state index contributed by atoms with van der Waals surface area (Å²) in [6, 6.07) is 11.3. The number of carbonyl (C=O) groups is 1. The van der Waals surface area contributed by atoms with Crippen LogP contribution in [0.3, 0.4) is 0 Å². The molecule has 1 aromatic heterocycles. The molecule has 0 saturated heterocycles. The lowest BCUT2D eigenvalue weighted by Crippen LogP contribution is -2.16. The Balaban J connectivity index is 1.89. The van der Waals surface area contributed by atoms with Crippen molar-refractivity contribution in [2.45, 2.75) is 6.54 Å². The number of ether oxygens (including phenoxy) is 2. The molecule has 0 bridgehead atoms. The first-order valence-corrected chi connectivity index (χ1v) is 9.44. The molecule has 126 valence electrons. The average Bonchev–Trinajstić information content (AvgIpc) is 3.18. The number of fused-ring (bicyclic) bond motifs is 2. The highest BCUT2D eigenvalue weighted by Gasteiger charge is 2.18. The molecule has 5 nitrogen and oxygen atoms in total. The Bertz CT molecular complexity index is 1070. The summed E-state index contributed by atoms with van der Waals surface area (Å²) in [5, 5.41) is 0. The highest BCUT2D eigenvalue weighted by Crippen LogP contribution is 2.37. The molecule has 0 fully saturated rings. The number of carbonyl (C=O) groups excluding carboxylic acids is 1. The molecule has 2 heterocycles. The van der Waals surface area contributed by atoms with Crippen LogP contribution in [0.5, 0.6) is 11.5 Å². The van der Waals surface area contributed by atoms with Gasteiger partial charge in [-0.15, -0.1) is 6.58 Å².